The fraction of sp³-hybridized carbons (Fsp3) is 0.333. The summed E-state index contributed by atoms with van der Waals surface area (Å²) >= 11 is 6.11. The molecule has 7 nitrogen and oxygen atoms in total. The Labute approximate surface area is 232 Å². The minimum atomic E-state index is -1.04. The molecule has 1 fully saturated rings. The normalized spacial score (nSPS) is 14.3. The van der Waals surface area contributed by atoms with Crippen molar-refractivity contribution in [3.8, 4) is 0 Å². The number of anilines is 2. The quantitative estimate of drug-likeness (QED) is 0.314. The number of nitrogens with zero attached hydrogens (tertiary/aromatic N) is 2. The van der Waals surface area contributed by atoms with E-state index in [9.17, 15) is 18.8 Å². The van der Waals surface area contributed by atoms with Crippen molar-refractivity contribution in [2.24, 2.45) is 0 Å². The average Bonchev–Trinajstić information content (AvgIpc) is 2.93. The zero-order valence-corrected chi connectivity index (χ0v) is 22.4. The summed E-state index contributed by atoms with van der Waals surface area (Å²) < 4.78 is 14.3. The van der Waals surface area contributed by atoms with E-state index in [-0.39, 0.29) is 42.8 Å². The molecule has 1 aliphatic carbocycles. The number of halogens is 2. The molecule has 3 aromatic rings. The molecule has 1 saturated carbocycles. The monoisotopic (exact) mass is 550 g/mol. The van der Waals surface area contributed by atoms with Crippen LogP contribution in [0.1, 0.15) is 63.0 Å². The summed E-state index contributed by atoms with van der Waals surface area (Å²) in [6.45, 7) is 0. The Bertz CT molecular complexity index is 1270. The number of hydrogen-bond acceptors (Lipinski definition) is 4. The summed E-state index contributed by atoms with van der Waals surface area (Å²) in [6.07, 6.45) is 6.82. The van der Waals surface area contributed by atoms with Crippen molar-refractivity contribution in [2.75, 3.05) is 10.2 Å². The number of pyridine rings is 1. The Hall–Kier alpha value is -3.78. The van der Waals surface area contributed by atoms with E-state index in [4.69, 9.17) is 11.6 Å². The molecule has 1 aromatic heterocycles. The van der Waals surface area contributed by atoms with Gasteiger partial charge >= 0.3 is 0 Å². The Morgan fingerprint density at radius 2 is 1.74 bits per heavy atom. The fourth-order valence-electron chi connectivity index (χ4n) is 4.82. The number of nitrogens with one attached hydrogen (secondary N) is 2. The smallest absolute Gasteiger partial charge is 0.248 e. The molecule has 3 amide bonds. The van der Waals surface area contributed by atoms with Crippen molar-refractivity contribution in [3.63, 3.8) is 0 Å². The summed E-state index contributed by atoms with van der Waals surface area (Å²) in [6, 6.07) is 16.5. The van der Waals surface area contributed by atoms with E-state index in [1.54, 1.807) is 54.7 Å². The zero-order valence-electron chi connectivity index (χ0n) is 21.6. The molecule has 4 rings (SSSR count). The molecule has 0 saturated heterocycles. The van der Waals surface area contributed by atoms with Gasteiger partial charge in [0.1, 0.15) is 17.7 Å². The first-order chi connectivity index (χ1) is 18.9. The largest absolute Gasteiger partial charge is 0.351 e. The number of carbonyl (C=O) groups excluding carboxylic acids is 3. The van der Waals surface area contributed by atoms with E-state index in [1.165, 1.54) is 23.1 Å². The van der Waals surface area contributed by atoms with Gasteiger partial charge < -0.3 is 10.6 Å². The number of benzene rings is 2. The summed E-state index contributed by atoms with van der Waals surface area (Å²) in [5.74, 6) is -1.11. The maximum Gasteiger partial charge on any atom is 0.248 e. The molecular formula is C30H32ClFN4O3. The van der Waals surface area contributed by atoms with Crippen LogP contribution in [0.25, 0.3) is 0 Å². The summed E-state index contributed by atoms with van der Waals surface area (Å²) in [5.41, 5.74) is 0.815. The number of rotatable bonds is 10. The molecule has 0 bridgehead atoms. The molecule has 1 aliphatic rings. The molecule has 1 atom stereocenters. The van der Waals surface area contributed by atoms with Gasteiger partial charge in [0.2, 0.25) is 17.7 Å². The van der Waals surface area contributed by atoms with Gasteiger partial charge in [0.25, 0.3) is 0 Å². The molecule has 0 aliphatic heterocycles. The van der Waals surface area contributed by atoms with Gasteiger partial charge in [-0.3, -0.25) is 19.3 Å². The van der Waals surface area contributed by atoms with E-state index in [2.05, 4.69) is 15.6 Å². The predicted molar refractivity (Wildman–Crippen MR) is 150 cm³/mol. The van der Waals surface area contributed by atoms with Gasteiger partial charge in [0.15, 0.2) is 0 Å². The highest BCUT2D eigenvalue weighted by Gasteiger charge is 2.34. The highest BCUT2D eigenvalue weighted by atomic mass is 35.5. The van der Waals surface area contributed by atoms with Crippen molar-refractivity contribution in [1.29, 1.82) is 0 Å². The first kappa shape index (κ1) is 28.2. The summed E-state index contributed by atoms with van der Waals surface area (Å²) in [5, 5.41) is 6.32. The lowest BCUT2D eigenvalue weighted by Crippen LogP contribution is -2.47. The Balaban J connectivity index is 1.57. The van der Waals surface area contributed by atoms with Crippen LogP contribution in [0.2, 0.25) is 5.02 Å². The van der Waals surface area contributed by atoms with Crippen LogP contribution in [-0.4, -0.2) is 28.7 Å². The number of aromatic nitrogens is 1. The Kier molecular flexibility index (Phi) is 10.0. The molecule has 39 heavy (non-hydrogen) atoms. The predicted octanol–water partition coefficient (Wildman–Crippen LogP) is 6.21. The second kappa shape index (κ2) is 13.8. The molecule has 2 N–H and O–H groups in total. The van der Waals surface area contributed by atoms with Gasteiger partial charge in [-0.25, -0.2) is 9.37 Å². The van der Waals surface area contributed by atoms with Crippen LogP contribution in [0.4, 0.5) is 15.9 Å². The number of hydrogen-bond donors (Lipinski definition) is 2. The molecular weight excluding hydrogens is 519 g/mol. The van der Waals surface area contributed by atoms with Gasteiger partial charge in [-0.05, 0) is 67.3 Å². The maximum absolute atomic E-state index is 14.3. The first-order valence-electron chi connectivity index (χ1n) is 13.2. The third-order valence-electron chi connectivity index (χ3n) is 6.73. The van der Waals surface area contributed by atoms with Crippen LogP contribution in [-0.2, 0) is 14.4 Å². The van der Waals surface area contributed by atoms with Crippen molar-refractivity contribution >= 4 is 40.8 Å². The molecule has 0 unspecified atom stereocenters. The second-order valence-electron chi connectivity index (χ2n) is 9.66. The van der Waals surface area contributed by atoms with Gasteiger partial charge in [-0.15, -0.1) is 0 Å². The fourth-order valence-corrected chi connectivity index (χ4v) is 4.94. The average molecular weight is 551 g/mol. The van der Waals surface area contributed by atoms with E-state index >= 15 is 0 Å². The van der Waals surface area contributed by atoms with Gasteiger partial charge in [-0.2, -0.15) is 0 Å². The van der Waals surface area contributed by atoms with E-state index in [1.807, 2.05) is 0 Å². The summed E-state index contributed by atoms with van der Waals surface area (Å²) in [4.78, 5) is 45.3. The van der Waals surface area contributed by atoms with Crippen molar-refractivity contribution < 1.29 is 18.8 Å². The van der Waals surface area contributed by atoms with E-state index in [0.717, 1.165) is 32.1 Å². The van der Waals surface area contributed by atoms with Gasteiger partial charge in [0, 0.05) is 35.8 Å². The van der Waals surface area contributed by atoms with Crippen LogP contribution < -0.4 is 15.5 Å². The highest BCUT2D eigenvalue weighted by molar-refractivity contribution is 6.30. The second-order valence-corrected chi connectivity index (χ2v) is 10.1. The van der Waals surface area contributed by atoms with Crippen LogP contribution in [0, 0.1) is 5.82 Å². The molecule has 9 heteroatoms. The van der Waals surface area contributed by atoms with Crippen LogP contribution in [0.15, 0.2) is 72.9 Å². The lowest BCUT2D eigenvalue weighted by Gasteiger charge is -2.33. The van der Waals surface area contributed by atoms with Gasteiger partial charge in [-0.1, -0.05) is 55.1 Å². The Morgan fingerprint density at radius 3 is 2.44 bits per heavy atom. The molecule has 1 heterocycles. The van der Waals surface area contributed by atoms with Gasteiger partial charge in [0.05, 0.1) is 0 Å². The molecule has 2 aromatic carbocycles. The third kappa shape index (κ3) is 8.10. The number of amides is 3. The van der Waals surface area contributed by atoms with Crippen molar-refractivity contribution in [2.45, 2.75) is 63.5 Å². The lowest BCUT2D eigenvalue weighted by atomic mass is 9.94. The third-order valence-corrected chi connectivity index (χ3v) is 6.98. The lowest BCUT2D eigenvalue weighted by molar-refractivity contribution is -0.127. The SMILES string of the molecule is O=C(CCCC(=O)N(c1cccc(F)c1)[C@@H](C(=O)NC1CCCCC1)c1ccc(Cl)cc1)Nc1ccccn1. The zero-order chi connectivity index (χ0) is 27.6. The minimum absolute atomic E-state index is 0.0146. The topological polar surface area (TPSA) is 91.4 Å². The van der Waals surface area contributed by atoms with E-state index < -0.39 is 17.8 Å². The molecule has 0 spiro atoms. The maximum atomic E-state index is 14.3. The Morgan fingerprint density at radius 1 is 0.974 bits per heavy atom. The standard InChI is InChI=1S/C30H32ClFN4O3/c31-22-17-15-21(16-18-22)29(30(39)34-24-9-2-1-3-10-24)36(25-11-6-8-23(32)20-25)28(38)14-7-13-27(37)35-26-12-4-5-19-33-26/h4-6,8,11-12,15-20,24,29H,1-3,7,9-10,13-14H2,(H,34,39)(H,33,35,37)/t29-/m1/s1. The van der Waals surface area contributed by atoms with E-state index in [0.29, 0.717) is 16.4 Å². The van der Waals surface area contributed by atoms with Crippen LogP contribution in [0.3, 0.4) is 0 Å². The summed E-state index contributed by atoms with van der Waals surface area (Å²) in [7, 11) is 0. The highest BCUT2D eigenvalue weighted by Crippen LogP contribution is 2.31. The van der Waals surface area contributed by atoms with Crippen molar-refractivity contribution in [3.05, 3.63) is 89.3 Å². The first-order valence-corrected chi connectivity index (χ1v) is 13.6. The van der Waals surface area contributed by atoms with Crippen LogP contribution in [0.5, 0.6) is 0 Å². The van der Waals surface area contributed by atoms with Crippen molar-refractivity contribution in [1.82, 2.24) is 10.3 Å². The minimum Gasteiger partial charge on any atom is -0.351 e. The molecule has 0 radical (unpaired) electrons. The molecule has 204 valence electrons. The van der Waals surface area contributed by atoms with Crippen LogP contribution >= 0.6 is 11.6 Å². The number of carbonyl (C=O) groups is 3.